The van der Waals surface area contributed by atoms with Gasteiger partial charge in [0.1, 0.15) is 28.9 Å². The van der Waals surface area contributed by atoms with Gasteiger partial charge in [-0.3, -0.25) is 4.79 Å². The summed E-state index contributed by atoms with van der Waals surface area (Å²) in [5.41, 5.74) is 2.89. The third-order valence-electron chi connectivity index (χ3n) is 10.7. The molecule has 0 radical (unpaired) electrons. The number of ether oxygens (including phenoxy) is 3. The normalized spacial score (nSPS) is 25.5. The van der Waals surface area contributed by atoms with Crippen LogP contribution in [0.15, 0.2) is 71.9 Å². The molecular formula is C43H60N2O8. The molecule has 53 heavy (non-hydrogen) atoms. The number of unbranched alkanes of at least 4 members (excludes halogenated alkanes) is 2. The summed E-state index contributed by atoms with van der Waals surface area (Å²) in [5, 5.41) is 35.4. The Labute approximate surface area is 315 Å². The Kier molecular flexibility index (Phi) is 13.7. The van der Waals surface area contributed by atoms with Gasteiger partial charge in [-0.15, -0.1) is 6.58 Å². The molecule has 0 spiro atoms. The van der Waals surface area contributed by atoms with Crippen molar-refractivity contribution in [1.29, 1.82) is 0 Å². The zero-order chi connectivity index (χ0) is 38.2. The Bertz CT molecular complexity index is 1620. The summed E-state index contributed by atoms with van der Waals surface area (Å²) in [7, 11) is 1.62. The third kappa shape index (κ3) is 9.10. The van der Waals surface area contributed by atoms with E-state index in [4.69, 9.17) is 24.2 Å². The lowest BCUT2D eigenvalue weighted by atomic mass is 9.55. The van der Waals surface area contributed by atoms with E-state index in [2.05, 4.69) is 19.6 Å². The number of allylic oxidation sites excluding steroid dienone is 1. The van der Waals surface area contributed by atoms with E-state index < -0.39 is 23.3 Å². The van der Waals surface area contributed by atoms with E-state index in [0.717, 1.165) is 48.1 Å². The highest BCUT2D eigenvalue weighted by molar-refractivity contribution is 6.03. The summed E-state index contributed by atoms with van der Waals surface area (Å²) >= 11 is 0. The molecule has 2 aliphatic carbocycles. The van der Waals surface area contributed by atoms with Crippen LogP contribution >= 0.6 is 0 Å². The molecule has 1 aliphatic heterocycles. The van der Waals surface area contributed by atoms with Gasteiger partial charge in [0.25, 0.3) is 0 Å². The SMILES string of the molecule is C=CCOC12Oc3ccc(O)cc3C3C(CCCCO)C(CCCCO)C=C(C(=NOC(C)(C)C)CC1N(CCC)C(=O)Cc1cccc(OC)c1)C32. The van der Waals surface area contributed by atoms with Crippen molar-refractivity contribution in [2.75, 3.05) is 33.5 Å². The Morgan fingerprint density at radius 3 is 2.53 bits per heavy atom. The van der Waals surface area contributed by atoms with Crippen LogP contribution in [0.1, 0.15) is 96.1 Å². The Hall–Kier alpha value is -3.86. The zero-order valence-corrected chi connectivity index (χ0v) is 32.3. The first kappa shape index (κ1) is 40.3. The molecule has 1 amide bonds. The first-order valence-corrected chi connectivity index (χ1v) is 19.4. The van der Waals surface area contributed by atoms with Crippen molar-refractivity contribution >= 4 is 11.6 Å². The lowest BCUT2D eigenvalue weighted by molar-refractivity contribution is -0.257. The molecule has 0 aromatic heterocycles. The van der Waals surface area contributed by atoms with Crippen molar-refractivity contribution < 1.29 is 39.2 Å². The molecule has 10 nitrogen and oxygen atoms in total. The molecule has 1 heterocycles. The van der Waals surface area contributed by atoms with Gasteiger partial charge >= 0.3 is 0 Å². The van der Waals surface area contributed by atoms with E-state index in [1.165, 1.54) is 0 Å². The van der Waals surface area contributed by atoms with Gasteiger partial charge in [0.05, 0.1) is 31.8 Å². The van der Waals surface area contributed by atoms with Gasteiger partial charge in [0.15, 0.2) is 0 Å². The molecule has 3 N–H and O–H groups in total. The molecular weight excluding hydrogens is 672 g/mol. The second-order valence-corrected chi connectivity index (χ2v) is 15.6. The van der Waals surface area contributed by atoms with Crippen LogP contribution in [-0.4, -0.2) is 82.7 Å². The van der Waals surface area contributed by atoms with Crippen molar-refractivity contribution in [1.82, 2.24) is 4.90 Å². The first-order chi connectivity index (χ1) is 25.5. The molecule has 6 unspecified atom stereocenters. The van der Waals surface area contributed by atoms with Crippen LogP contribution in [-0.2, 0) is 20.8 Å². The number of amides is 1. The minimum absolute atomic E-state index is 0.0657. The van der Waals surface area contributed by atoms with Crippen molar-refractivity contribution in [3.63, 3.8) is 0 Å². The summed E-state index contributed by atoms with van der Waals surface area (Å²) in [6.45, 7) is 12.8. The van der Waals surface area contributed by atoms with E-state index in [9.17, 15) is 20.1 Å². The third-order valence-corrected chi connectivity index (χ3v) is 10.7. The number of fused-ring (bicyclic) bond motifs is 2. The van der Waals surface area contributed by atoms with Gasteiger partial charge in [0, 0.05) is 37.7 Å². The molecule has 1 fully saturated rings. The highest BCUT2D eigenvalue weighted by Crippen LogP contribution is 2.62. The van der Waals surface area contributed by atoms with Crippen LogP contribution < -0.4 is 9.47 Å². The summed E-state index contributed by atoms with van der Waals surface area (Å²) in [6.07, 6.45) is 9.95. The first-order valence-electron chi connectivity index (χ1n) is 19.4. The number of aliphatic hydroxyl groups excluding tert-OH is 2. The second kappa shape index (κ2) is 18.0. The number of benzene rings is 2. The lowest BCUT2D eigenvalue weighted by Gasteiger charge is -2.60. The predicted octanol–water partition coefficient (Wildman–Crippen LogP) is 7.31. The Morgan fingerprint density at radius 1 is 1.09 bits per heavy atom. The number of hydrogen-bond acceptors (Lipinski definition) is 9. The van der Waals surface area contributed by atoms with Crippen LogP contribution in [0.2, 0.25) is 0 Å². The largest absolute Gasteiger partial charge is 0.508 e. The summed E-state index contributed by atoms with van der Waals surface area (Å²) < 4.78 is 19.7. The van der Waals surface area contributed by atoms with E-state index in [1.807, 2.05) is 62.1 Å². The standard InChI is InChI=1S/C43H60N2O8/c1-7-20-45(39(49)25-29-14-13-16-32(24-29)50-6)38-28-36(44-53-42(3,4)5)34-26-30(15-9-11-21-46)33(17-10-12-22-47)40-35-27-31(48)18-19-37(35)52-43(38,41(34)40)51-23-8-2/h8,13-14,16,18-19,24,26-27,30,33,38,40-41,46-48H,2,7,9-12,15,17,20-23,25,28H2,1,3-6H3. The molecule has 6 atom stereocenters. The number of phenols is 1. The van der Waals surface area contributed by atoms with E-state index in [-0.39, 0.29) is 55.7 Å². The molecule has 5 rings (SSSR count). The Morgan fingerprint density at radius 2 is 1.85 bits per heavy atom. The summed E-state index contributed by atoms with van der Waals surface area (Å²) in [6, 6.07) is 12.3. The number of rotatable bonds is 18. The molecule has 0 bridgehead atoms. The number of carbonyl (C=O) groups is 1. The highest BCUT2D eigenvalue weighted by Gasteiger charge is 2.65. The van der Waals surface area contributed by atoms with Crippen LogP contribution in [0.3, 0.4) is 0 Å². The minimum atomic E-state index is -1.33. The fraction of sp³-hybridized carbons (Fsp3) is 0.581. The number of carbonyl (C=O) groups excluding carboxylic acids is 1. The van der Waals surface area contributed by atoms with Crippen LogP contribution in [0.4, 0.5) is 0 Å². The van der Waals surface area contributed by atoms with Crippen LogP contribution in [0.25, 0.3) is 0 Å². The van der Waals surface area contributed by atoms with Gasteiger partial charge in [-0.25, -0.2) is 0 Å². The fourth-order valence-electron chi connectivity index (χ4n) is 8.60. The van der Waals surface area contributed by atoms with E-state index in [1.54, 1.807) is 19.3 Å². The van der Waals surface area contributed by atoms with Crippen LogP contribution in [0, 0.1) is 17.8 Å². The maximum atomic E-state index is 14.7. The molecule has 3 aliphatic rings. The van der Waals surface area contributed by atoms with Crippen molar-refractivity contribution in [2.45, 2.75) is 109 Å². The van der Waals surface area contributed by atoms with E-state index >= 15 is 0 Å². The van der Waals surface area contributed by atoms with Gasteiger partial charge in [-0.05, 0) is 106 Å². The average molecular weight is 733 g/mol. The molecule has 0 saturated heterocycles. The van der Waals surface area contributed by atoms with Crippen LogP contribution in [0.5, 0.6) is 17.2 Å². The van der Waals surface area contributed by atoms with Gasteiger partial charge in [-0.2, -0.15) is 0 Å². The molecule has 290 valence electrons. The monoisotopic (exact) mass is 732 g/mol. The highest BCUT2D eigenvalue weighted by atomic mass is 16.7. The number of aromatic hydroxyl groups is 1. The van der Waals surface area contributed by atoms with Crippen molar-refractivity contribution in [3.05, 3.63) is 77.9 Å². The van der Waals surface area contributed by atoms with E-state index in [0.29, 0.717) is 43.7 Å². The number of methoxy groups -OCH3 is 1. The average Bonchev–Trinajstić information content (AvgIpc) is 3.13. The van der Waals surface area contributed by atoms with Gasteiger partial charge in [0.2, 0.25) is 11.7 Å². The lowest BCUT2D eigenvalue weighted by Crippen LogP contribution is -2.70. The topological polar surface area (TPSA) is 130 Å². The smallest absolute Gasteiger partial charge is 0.239 e. The van der Waals surface area contributed by atoms with Gasteiger partial charge < -0.3 is 39.3 Å². The predicted molar refractivity (Wildman–Crippen MR) is 206 cm³/mol. The number of nitrogens with zero attached hydrogens (tertiary/aromatic N) is 2. The van der Waals surface area contributed by atoms with Crippen molar-refractivity contribution in [3.8, 4) is 17.2 Å². The molecule has 10 heteroatoms. The zero-order valence-electron chi connectivity index (χ0n) is 32.3. The maximum Gasteiger partial charge on any atom is 0.239 e. The molecule has 2 aromatic carbocycles. The van der Waals surface area contributed by atoms with Crippen molar-refractivity contribution in [2.24, 2.45) is 22.9 Å². The molecule has 2 aromatic rings. The molecule has 1 saturated carbocycles. The van der Waals surface area contributed by atoms with Gasteiger partial charge in [-0.1, -0.05) is 49.2 Å². The second-order valence-electron chi connectivity index (χ2n) is 15.6. The minimum Gasteiger partial charge on any atom is -0.508 e. The number of phenolic OH excluding ortho intramolecular Hbond substituents is 1. The number of hydrogen-bond donors (Lipinski definition) is 3. The summed E-state index contributed by atoms with van der Waals surface area (Å²) in [4.78, 5) is 22.8. The number of oxime groups is 1. The fourth-order valence-corrected chi connectivity index (χ4v) is 8.60. The Balaban J connectivity index is 1.75. The summed E-state index contributed by atoms with van der Waals surface area (Å²) in [5.74, 6) is -0.367. The number of aliphatic hydroxyl groups is 2. The maximum absolute atomic E-state index is 14.7. The quantitative estimate of drug-likeness (QED) is 0.0827.